The molecule has 0 radical (unpaired) electrons. The summed E-state index contributed by atoms with van der Waals surface area (Å²) in [6.45, 7) is 3.78. The van der Waals surface area contributed by atoms with E-state index in [9.17, 15) is 4.79 Å². The van der Waals surface area contributed by atoms with Crippen molar-refractivity contribution in [2.24, 2.45) is 5.92 Å². The van der Waals surface area contributed by atoms with Crippen molar-refractivity contribution >= 4 is 11.6 Å². The maximum absolute atomic E-state index is 12.6. The number of carbonyl (C=O) groups is 1. The fourth-order valence-electron chi connectivity index (χ4n) is 2.95. The zero-order chi connectivity index (χ0) is 15.4. The van der Waals surface area contributed by atoms with E-state index in [2.05, 4.69) is 41.4 Å². The number of carbonyl (C=O) groups excluding carboxylic acids is 1. The summed E-state index contributed by atoms with van der Waals surface area (Å²) in [6.07, 6.45) is 1.90. The Morgan fingerprint density at radius 2 is 2.10 bits per heavy atom. The van der Waals surface area contributed by atoms with Crippen LogP contribution in [-0.2, 0) is 11.3 Å². The smallest absolute Gasteiger partial charge is 0.225 e. The van der Waals surface area contributed by atoms with Gasteiger partial charge in [0.2, 0.25) is 5.91 Å². The summed E-state index contributed by atoms with van der Waals surface area (Å²) in [6, 6.07) is 8.81. The molecule has 0 saturated carbocycles. The molecule has 0 aromatic heterocycles. The molecule has 1 saturated heterocycles. The van der Waals surface area contributed by atoms with Gasteiger partial charge >= 0.3 is 0 Å². The Morgan fingerprint density at radius 1 is 1.33 bits per heavy atom. The third-order valence-corrected chi connectivity index (χ3v) is 4.20. The molecule has 1 aromatic rings. The summed E-state index contributed by atoms with van der Waals surface area (Å²) in [5.74, 6) is 0.446. The number of rotatable bonds is 4. The van der Waals surface area contributed by atoms with Crippen LogP contribution in [0.5, 0.6) is 0 Å². The van der Waals surface area contributed by atoms with Gasteiger partial charge in [0.1, 0.15) is 0 Å². The van der Waals surface area contributed by atoms with Crippen molar-refractivity contribution in [1.29, 1.82) is 0 Å². The monoisotopic (exact) mass is 289 g/mol. The van der Waals surface area contributed by atoms with Gasteiger partial charge in [-0.05, 0) is 44.0 Å². The lowest BCUT2D eigenvalue weighted by Gasteiger charge is -2.30. The van der Waals surface area contributed by atoms with Crippen LogP contribution in [0.15, 0.2) is 24.3 Å². The molecule has 116 valence electrons. The molecule has 1 heterocycles. The van der Waals surface area contributed by atoms with E-state index < -0.39 is 0 Å². The molecule has 0 spiro atoms. The van der Waals surface area contributed by atoms with Gasteiger partial charge in [-0.2, -0.15) is 0 Å². The number of piperidine rings is 1. The van der Waals surface area contributed by atoms with Crippen molar-refractivity contribution in [2.45, 2.75) is 32.4 Å². The van der Waals surface area contributed by atoms with Crippen molar-refractivity contribution in [3.8, 4) is 0 Å². The van der Waals surface area contributed by atoms with Crippen molar-refractivity contribution < 1.29 is 4.79 Å². The number of benzene rings is 1. The van der Waals surface area contributed by atoms with Crippen molar-refractivity contribution in [2.75, 3.05) is 32.6 Å². The highest BCUT2D eigenvalue weighted by atomic mass is 16.2. The first-order valence-corrected chi connectivity index (χ1v) is 7.72. The molecule has 2 atom stereocenters. The zero-order valence-corrected chi connectivity index (χ0v) is 13.6. The Labute approximate surface area is 128 Å². The molecule has 1 aromatic carbocycles. The molecular formula is C17H27N3O. The summed E-state index contributed by atoms with van der Waals surface area (Å²) >= 11 is 0. The van der Waals surface area contributed by atoms with Crippen molar-refractivity contribution in [3.63, 3.8) is 0 Å². The third kappa shape index (κ3) is 4.21. The number of hydrogen-bond acceptors (Lipinski definition) is 3. The predicted molar refractivity (Wildman–Crippen MR) is 87.4 cm³/mol. The van der Waals surface area contributed by atoms with Crippen molar-refractivity contribution in [3.05, 3.63) is 29.8 Å². The van der Waals surface area contributed by atoms with Gasteiger partial charge in [0.05, 0.1) is 0 Å². The van der Waals surface area contributed by atoms with Crippen LogP contribution in [0.1, 0.15) is 25.3 Å². The number of amides is 1. The molecule has 21 heavy (non-hydrogen) atoms. The number of nitrogens with zero attached hydrogens (tertiary/aromatic N) is 2. The molecule has 1 fully saturated rings. The molecule has 4 nitrogen and oxygen atoms in total. The van der Waals surface area contributed by atoms with Crippen LogP contribution in [-0.4, -0.2) is 44.5 Å². The lowest BCUT2D eigenvalue weighted by atomic mass is 9.92. The van der Waals surface area contributed by atoms with Gasteiger partial charge in [-0.15, -0.1) is 0 Å². The molecule has 0 unspecified atom stereocenters. The Kier molecular flexibility index (Phi) is 5.23. The second-order valence-electron chi connectivity index (χ2n) is 6.34. The van der Waals surface area contributed by atoms with Crippen LogP contribution in [0.2, 0.25) is 0 Å². The first-order chi connectivity index (χ1) is 9.97. The van der Waals surface area contributed by atoms with Gasteiger partial charge in [-0.3, -0.25) is 4.79 Å². The average molecular weight is 289 g/mol. The maximum atomic E-state index is 12.6. The Hall–Kier alpha value is -1.55. The molecule has 1 aliphatic rings. The minimum Gasteiger partial charge on any atom is -0.378 e. The molecule has 1 amide bonds. The SMILES string of the molecule is C[C@H]1C[C@@H](C(=O)N(C)Cc2cccc(N(C)C)c2)CCN1. The number of hydrogen-bond donors (Lipinski definition) is 1. The van der Waals surface area contributed by atoms with E-state index in [1.54, 1.807) is 0 Å². The molecule has 1 N–H and O–H groups in total. The molecule has 4 heteroatoms. The molecule has 2 rings (SSSR count). The normalized spacial score (nSPS) is 21.9. The second-order valence-corrected chi connectivity index (χ2v) is 6.34. The van der Waals surface area contributed by atoms with Gasteiger partial charge in [-0.25, -0.2) is 0 Å². The van der Waals surface area contributed by atoms with E-state index in [0.29, 0.717) is 12.6 Å². The quantitative estimate of drug-likeness (QED) is 0.922. The highest BCUT2D eigenvalue weighted by Crippen LogP contribution is 2.20. The lowest BCUT2D eigenvalue weighted by molar-refractivity contribution is -0.135. The van der Waals surface area contributed by atoms with Crippen LogP contribution in [0.25, 0.3) is 0 Å². The van der Waals surface area contributed by atoms with E-state index >= 15 is 0 Å². The van der Waals surface area contributed by atoms with Gasteiger partial charge in [-0.1, -0.05) is 12.1 Å². The van der Waals surface area contributed by atoms with Crippen LogP contribution in [0.4, 0.5) is 5.69 Å². The first-order valence-electron chi connectivity index (χ1n) is 7.72. The van der Waals surface area contributed by atoms with Crippen LogP contribution in [0.3, 0.4) is 0 Å². The highest BCUT2D eigenvalue weighted by Gasteiger charge is 2.26. The predicted octanol–water partition coefficient (Wildman–Crippen LogP) is 2.10. The van der Waals surface area contributed by atoms with Crippen LogP contribution >= 0.6 is 0 Å². The Balaban J connectivity index is 1.98. The second kappa shape index (κ2) is 6.94. The zero-order valence-electron chi connectivity index (χ0n) is 13.6. The molecule has 0 aliphatic carbocycles. The number of nitrogens with one attached hydrogen (secondary N) is 1. The molecule has 1 aliphatic heterocycles. The summed E-state index contributed by atoms with van der Waals surface area (Å²) in [7, 11) is 5.98. The number of anilines is 1. The summed E-state index contributed by atoms with van der Waals surface area (Å²) in [4.78, 5) is 16.5. The van der Waals surface area contributed by atoms with Gasteiger partial charge < -0.3 is 15.1 Å². The standard InChI is InChI=1S/C17H27N3O/c1-13-10-15(8-9-18-13)17(21)20(4)12-14-6-5-7-16(11-14)19(2)3/h5-7,11,13,15,18H,8-10,12H2,1-4H3/t13-,15-/m0/s1. The third-order valence-electron chi connectivity index (χ3n) is 4.20. The fourth-order valence-corrected chi connectivity index (χ4v) is 2.95. The largest absolute Gasteiger partial charge is 0.378 e. The topological polar surface area (TPSA) is 35.6 Å². The van der Waals surface area contributed by atoms with Gasteiger partial charge in [0.15, 0.2) is 0 Å². The van der Waals surface area contributed by atoms with E-state index in [1.165, 1.54) is 11.3 Å². The van der Waals surface area contributed by atoms with Crippen LogP contribution in [0, 0.1) is 5.92 Å². The minimum absolute atomic E-state index is 0.170. The Morgan fingerprint density at radius 3 is 2.76 bits per heavy atom. The Bertz CT molecular complexity index is 487. The van der Waals surface area contributed by atoms with Crippen molar-refractivity contribution in [1.82, 2.24) is 10.2 Å². The van der Waals surface area contributed by atoms with Gasteiger partial charge in [0, 0.05) is 45.3 Å². The summed E-state index contributed by atoms with van der Waals surface area (Å²) in [5, 5.41) is 3.40. The molecule has 0 bridgehead atoms. The van der Waals surface area contributed by atoms with E-state index in [0.717, 1.165) is 19.4 Å². The van der Waals surface area contributed by atoms with Crippen LogP contribution < -0.4 is 10.2 Å². The average Bonchev–Trinajstić information content (AvgIpc) is 2.46. The van der Waals surface area contributed by atoms with Gasteiger partial charge in [0.25, 0.3) is 0 Å². The lowest BCUT2D eigenvalue weighted by Crippen LogP contribution is -2.42. The summed E-state index contributed by atoms with van der Waals surface area (Å²) in [5.41, 5.74) is 2.35. The molecular weight excluding hydrogens is 262 g/mol. The van der Waals surface area contributed by atoms with E-state index in [1.807, 2.05) is 26.0 Å². The van der Waals surface area contributed by atoms with E-state index in [4.69, 9.17) is 0 Å². The highest BCUT2D eigenvalue weighted by molar-refractivity contribution is 5.78. The summed E-state index contributed by atoms with van der Waals surface area (Å²) < 4.78 is 0. The fraction of sp³-hybridized carbons (Fsp3) is 0.588. The minimum atomic E-state index is 0.170. The van der Waals surface area contributed by atoms with E-state index in [-0.39, 0.29) is 11.8 Å². The maximum Gasteiger partial charge on any atom is 0.225 e. The first kappa shape index (κ1) is 15.8.